The van der Waals surface area contributed by atoms with Crippen LogP contribution < -0.4 is 10.0 Å². The van der Waals surface area contributed by atoms with E-state index in [-0.39, 0.29) is 42.4 Å². The second-order valence-corrected chi connectivity index (χ2v) is 10.3. The number of carbonyl (C=O) groups is 1. The van der Waals surface area contributed by atoms with Gasteiger partial charge in [-0.3, -0.25) is 0 Å². The van der Waals surface area contributed by atoms with Gasteiger partial charge in [0.1, 0.15) is 5.60 Å². The molecule has 2 rings (SSSR count). The van der Waals surface area contributed by atoms with E-state index < -0.39 is 27.8 Å². The molecule has 0 aromatic heterocycles. The molecular formula is C20H32N2O6S. The van der Waals surface area contributed by atoms with E-state index in [1.54, 1.807) is 32.9 Å². The summed E-state index contributed by atoms with van der Waals surface area (Å²) in [6, 6.07) is 5.85. The third-order valence-corrected chi connectivity index (χ3v) is 6.63. The van der Waals surface area contributed by atoms with E-state index in [9.17, 15) is 23.4 Å². The van der Waals surface area contributed by atoms with Gasteiger partial charge in [-0.1, -0.05) is 17.7 Å². The quantitative estimate of drug-likeness (QED) is 0.520. The van der Waals surface area contributed by atoms with E-state index in [2.05, 4.69) is 10.0 Å². The van der Waals surface area contributed by atoms with Crippen molar-refractivity contribution in [2.75, 3.05) is 19.8 Å². The summed E-state index contributed by atoms with van der Waals surface area (Å²) in [5, 5.41) is 22.2. The summed E-state index contributed by atoms with van der Waals surface area (Å²) < 4.78 is 33.6. The van der Waals surface area contributed by atoms with Crippen molar-refractivity contribution in [2.24, 2.45) is 17.8 Å². The number of hydrogen-bond acceptors (Lipinski definition) is 6. The van der Waals surface area contributed by atoms with Crippen molar-refractivity contribution in [1.82, 2.24) is 10.0 Å². The number of amides is 1. The van der Waals surface area contributed by atoms with Gasteiger partial charge in [-0.05, 0) is 64.0 Å². The van der Waals surface area contributed by atoms with Gasteiger partial charge in [0.25, 0.3) is 0 Å². The minimum Gasteiger partial charge on any atom is -0.444 e. The average Bonchev–Trinajstić information content (AvgIpc) is 2.95. The Hall–Kier alpha value is -1.68. The van der Waals surface area contributed by atoms with Crippen molar-refractivity contribution in [1.29, 1.82) is 0 Å². The zero-order chi connectivity index (χ0) is 21.8. The van der Waals surface area contributed by atoms with Gasteiger partial charge in [-0.15, -0.1) is 0 Å². The fourth-order valence-electron chi connectivity index (χ4n) is 3.71. The number of rotatable bonds is 7. The zero-order valence-electron chi connectivity index (χ0n) is 17.4. The van der Waals surface area contributed by atoms with Gasteiger partial charge in [-0.25, -0.2) is 17.9 Å². The molecule has 0 saturated heterocycles. The minimum absolute atomic E-state index is 0.123. The van der Waals surface area contributed by atoms with Crippen LogP contribution in [0.1, 0.15) is 32.8 Å². The molecule has 29 heavy (non-hydrogen) atoms. The molecule has 0 unspecified atom stereocenters. The molecule has 0 heterocycles. The molecule has 0 aliphatic heterocycles. The molecule has 0 radical (unpaired) electrons. The molecule has 1 aliphatic rings. The number of ether oxygens (including phenoxy) is 1. The third kappa shape index (κ3) is 6.40. The Morgan fingerprint density at radius 1 is 1.14 bits per heavy atom. The first-order valence-corrected chi connectivity index (χ1v) is 11.2. The van der Waals surface area contributed by atoms with Crippen molar-refractivity contribution in [2.45, 2.75) is 50.7 Å². The average molecular weight is 429 g/mol. The molecule has 164 valence electrons. The highest BCUT2D eigenvalue weighted by Crippen LogP contribution is 2.37. The van der Waals surface area contributed by atoms with Crippen molar-refractivity contribution in [3.05, 3.63) is 29.8 Å². The van der Waals surface area contributed by atoms with Crippen LogP contribution in [0.25, 0.3) is 0 Å². The highest BCUT2D eigenvalue weighted by Gasteiger charge is 2.44. The standard InChI is InChI=1S/C20H32N2O6S/c1-13-5-7-16(8-6-13)29(26,27)22-18-15(12-24)9-14(11-23)17(18)10-21-19(25)28-20(2,3)4/h5-8,14-15,17-18,22-24H,9-12H2,1-4H3,(H,21,25)/t14-,15+,17+,18+/m0/s1. The Kier molecular flexibility index (Phi) is 7.67. The number of nitrogens with one attached hydrogen (secondary N) is 2. The molecule has 4 atom stereocenters. The number of alkyl carbamates (subject to hydrolysis) is 1. The first-order valence-electron chi connectivity index (χ1n) is 9.74. The summed E-state index contributed by atoms with van der Waals surface area (Å²) in [7, 11) is -3.82. The smallest absolute Gasteiger partial charge is 0.407 e. The first-order chi connectivity index (χ1) is 13.5. The molecule has 9 heteroatoms. The molecule has 0 spiro atoms. The normalized spacial score (nSPS) is 25.0. The monoisotopic (exact) mass is 428 g/mol. The molecule has 0 bridgehead atoms. The molecule has 1 aliphatic carbocycles. The fourth-order valence-corrected chi connectivity index (χ4v) is 5.06. The second kappa shape index (κ2) is 9.42. The minimum atomic E-state index is -3.82. The Morgan fingerprint density at radius 2 is 1.72 bits per heavy atom. The van der Waals surface area contributed by atoms with Crippen LogP contribution in [0, 0.1) is 24.7 Å². The van der Waals surface area contributed by atoms with Gasteiger partial charge in [-0.2, -0.15) is 0 Å². The van der Waals surface area contributed by atoms with Crippen LogP contribution in [0.2, 0.25) is 0 Å². The van der Waals surface area contributed by atoms with Crippen LogP contribution in [0.15, 0.2) is 29.2 Å². The maximum Gasteiger partial charge on any atom is 0.407 e. The molecular weight excluding hydrogens is 396 g/mol. The van der Waals surface area contributed by atoms with Gasteiger partial charge < -0.3 is 20.3 Å². The number of carbonyl (C=O) groups excluding carboxylic acids is 1. The van der Waals surface area contributed by atoms with E-state index in [1.165, 1.54) is 12.1 Å². The van der Waals surface area contributed by atoms with Crippen molar-refractivity contribution >= 4 is 16.1 Å². The first kappa shape index (κ1) is 23.6. The largest absolute Gasteiger partial charge is 0.444 e. The summed E-state index contributed by atoms with van der Waals surface area (Å²) in [6.07, 6.45) is -0.156. The van der Waals surface area contributed by atoms with Crippen molar-refractivity contribution in [3.8, 4) is 0 Å². The lowest BCUT2D eigenvalue weighted by molar-refractivity contribution is 0.0507. The number of sulfonamides is 1. The summed E-state index contributed by atoms with van der Waals surface area (Å²) in [5.74, 6) is -1.00. The second-order valence-electron chi connectivity index (χ2n) is 8.63. The summed E-state index contributed by atoms with van der Waals surface area (Å²) in [6.45, 7) is 6.85. The van der Waals surface area contributed by atoms with Gasteiger partial charge in [0.2, 0.25) is 10.0 Å². The predicted octanol–water partition coefficient (Wildman–Crippen LogP) is 1.40. The molecule has 1 amide bonds. The Morgan fingerprint density at radius 3 is 2.24 bits per heavy atom. The van der Waals surface area contributed by atoms with Crippen LogP contribution in [-0.4, -0.2) is 56.1 Å². The van der Waals surface area contributed by atoms with Gasteiger partial charge in [0, 0.05) is 25.8 Å². The Balaban J connectivity index is 2.18. The number of aliphatic hydroxyl groups excluding tert-OH is 2. The SMILES string of the molecule is Cc1ccc(S(=O)(=O)N[C@@H]2[C@@H](CO)C[C@@H](CO)[C@H]2CNC(=O)OC(C)(C)C)cc1. The third-order valence-electron chi connectivity index (χ3n) is 5.15. The molecule has 8 nitrogen and oxygen atoms in total. The molecule has 1 saturated carbocycles. The van der Waals surface area contributed by atoms with E-state index in [1.807, 2.05) is 6.92 Å². The topological polar surface area (TPSA) is 125 Å². The predicted molar refractivity (Wildman–Crippen MR) is 109 cm³/mol. The summed E-state index contributed by atoms with van der Waals surface area (Å²) >= 11 is 0. The van der Waals surface area contributed by atoms with Crippen molar-refractivity contribution in [3.63, 3.8) is 0 Å². The highest BCUT2D eigenvalue weighted by molar-refractivity contribution is 7.89. The van der Waals surface area contributed by atoms with E-state index in [0.29, 0.717) is 6.42 Å². The van der Waals surface area contributed by atoms with Crippen LogP contribution in [0.3, 0.4) is 0 Å². The van der Waals surface area contributed by atoms with Gasteiger partial charge in [0.15, 0.2) is 0 Å². The maximum atomic E-state index is 12.9. The molecule has 4 N–H and O–H groups in total. The lowest BCUT2D eigenvalue weighted by Crippen LogP contribution is -2.47. The van der Waals surface area contributed by atoms with Gasteiger partial charge in [0.05, 0.1) is 4.90 Å². The zero-order valence-corrected chi connectivity index (χ0v) is 18.2. The van der Waals surface area contributed by atoms with Crippen LogP contribution in [0.4, 0.5) is 4.79 Å². The van der Waals surface area contributed by atoms with Crippen LogP contribution in [-0.2, 0) is 14.8 Å². The summed E-state index contributed by atoms with van der Waals surface area (Å²) in [4.78, 5) is 12.2. The Labute approximate surface area is 172 Å². The van der Waals surface area contributed by atoms with Gasteiger partial charge >= 0.3 is 6.09 Å². The number of benzene rings is 1. The van der Waals surface area contributed by atoms with E-state index in [4.69, 9.17) is 4.74 Å². The summed E-state index contributed by atoms with van der Waals surface area (Å²) in [5.41, 5.74) is 0.286. The molecule has 1 fully saturated rings. The lowest BCUT2D eigenvalue weighted by atomic mass is 9.94. The lowest BCUT2D eigenvalue weighted by Gasteiger charge is -2.28. The number of aryl methyl sites for hydroxylation is 1. The number of aliphatic hydroxyl groups is 2. The van der Waals surface area contributed by atoms with E-state index in [0.717, 1.165) is 5.56 Å². The molecule has 1 aromatic carbocycles. The Bertz CT molecular complexity index is 788. The fraction of sp³-hybridized carbons (Fsp3) is 0.650. The highest BCUT2D eigenvalue weighted by atomic mass is 32.2. The maximum absolute atomic E-state index is 12.9. The number of hydrogen-bond donors (Lipinski definition) is 4. The van der Waals surface area contributed by atoms with Crippen LogP contribution >= 0.6 is 0 Å². The molecule has 1 aromatic rings. The van der Waals surface area contributed by atoms with Crippen molar-refractivity contribution < 1.29 is 28.2 Å². The van der Waals surface area contributed by atoms with E-state index >= 15 is 0 Å². The van der Waals surface area contributed by atoms with Crippen LogP contribution in [0.5, 0.6) is 0 Å².